The van der Waals surface area contributed by atoms with Crippen LogP contribution in [0.5, 0.6) is 0 Å². The predicted molar refractivity (Wildman–Crippen MR) is 97.5 cm³/mol. The summed E-state index contributed by atoms with van der Waals surface area (Å²) in [5, 5.41) is 3.17. The Morgan fingerprint density at radius 1 is 1.12 bits per heavy atom. The number of fused-ring (bicyclic) bond motifs is 1. The number of carbonyl (C=O) groups excluding carboxylic acids is 1. The molecule has 0 aliphatic heterocycles. The van der Waals surface area contributed by atoms with Gasteiger partial charge in [-0.2, -0.15) is 0 Å². The quantitative estimate of drug-likeness (QED) is 0.525. The number of imidazole rings is 1. The number of amides is 1. The van der Waals surface area contributed by atoms with Crippen molar-refractivity contribution in [3.8, 4) is 11.4 Å². The van der Waals surface area contributed by atoms with Gasteiger partial charge < -0.3 is 16.0 Å². The van der Waals surface area contributed by atoms with Crippen LogP contribution in [-0.4, -0.2) is 20.9 Å². The summed E-state index contributed by atoms with van der Waals surface area (Å²) in [4.78, 5) is 23.2. The SMILES string of the molecule is NC(=O)c1ccc(Nc2nccc3[nH]c(-c4cccc(F)c4)nc23)cc1. The zero-order chi connectivity index (χ0) is 18.1. The first-order valence-corrected chi connectivity index (χ1v) is 7.88. The first kappa shape index (κ1) is 15.8. The molecule has 4 N–H and O–H groups in total. The molecular formula is C19H14FN5O. The number of halogens is 1. The molecule has 0 bridgehead atoms. The Balaban J connectivity index is 1.70. The number of pyridine rings is 1. The largest absolute Gasteiger partial charge is 0.366 e. The molecule has 6 nitrogen and oxygen atoms in total. The molecule has 2 heterocycles. The third-order valence-corrected chi connectivity index (χ3v) is 3.93. The molecule has 0 saturated carbocycles. The van der Waals surface area contributed by atoms with Gasteiger partial charge >= 0.3 is 0 Å². The number of anilines is 2. The highest BCUT2D eigenvalue weighted by Gasteiger charge is 2.11. The Kier molecular flexibility index (Phi) is 3.81. The van der Waals surface area contributed by atoms with Gasteiger partial charge in [0.1, 0.15) is 17.2 Å². The molecule has 0 unspecified atom stereocenters. The van der Waals surface area contributed by atoms with E-state index in [1.54, 1.807) is 48.7 Å². The smallest absolute Gasteiger partial charge is 0.248 e. The van der Waals surface area contributed by atoms with Crippen LogP contribution in [0, 0.1) is 5.82 Å². The molecule has 0 aliphatic rings. The second kappa shape index (κ2) is 6.29. The van der Waals surface area contributed by atoms with E-state index < -0.39 is 5.91 Å². The first-order valence-electron chi connectivity index (χ1n) is 7.88. The van der Waals surface area contributed by atoms with Crippen molar-refractivity contribution in [2.45, 2.75) is 0 Å². The molecule has 2 aromatic carbocycles. The maximum Gasteiger partial charge on any atom is 0.248 e. The van der Waals surface area contributed by atoms with E-state index >= 15 is 0 Å². The molecule has 0 saturated heterocycles. The minimum absolute atomic E-state index is 0.325. The van der Waals surface area contributed by atoms with Gasteiger partial charge in [0.2, 0.25) is 5.91 Å². The Labute approximate surface area is 147 Å². The monoisotopic (exact) mass is 347 g/mol. The number of benzene rings is 2. The highest BCUT2D eigenvalue weighted by molar-refractivity contribution is 5.93. The van der Waals surface area contributed by atoms with Gasteiger partial charge in [0.25, 0.3) is 0 Å². The highest BCUT2D eigenvalue weighted by atomic mass is 19.1. The fourth-order valence-electron chi connectivity index (χ4n) is 2.65. The Morgan fingerprint density at radius 2 is 1.92 bits per heavy atom. The zero-order valence-corrected chi connectivity index (χ0v) is 13.5. The van der Waals surface area contributed by atoms with Gasteiger partial charge in [0, 0.05) is 23.0 Å². The summed E-state index contributed by atoms with van der Waals surface area (Å²) in [6.07, 6.45) is 1.65. The van der Waals surface area contributed by atoms with E-state index in [4.69, 9.17) is 5.73 Å². The van der Waals surface area contributed by atoms with Gasteiger partial charge in [-0.3, -0.25) is 4.79 Å². The lowest BCUT2D eigenvalue weighted by Gasteiger charge is -2.06. The van der Waals surface area contributed by atoms with Gasteiger partial charge in [-0.25, -0.2) is 14.4 Å². The zero-order valence-electron chi connectivity index (χ0n) is 13.5. The fourth-order valence-corrected chi connectivity index (χ4v) is 2.65. The van der Waals surface area contributed by atoms with Crippen LogP contribution in [0.15, 0.2) is 60.8 Å². The molecule has 26 heavy (non-hydrogen) atoms. The Hall–Kier alpha value is -3.74. The number of H-pyrrole nitrogens is 1. The van der Waals surface area contributed by atoms with Crippen molar-refractivity contribution in [3.05, 3.63) is 72.2 Å². The van der Waals surface area contributed by atoms with E-state index in [1.165, 1.54) is 12.1 Å². The van der Waals surface area contributed by atoms with Crippen molar-refractivity contribution in [1.82, 2.24) is 15.0 Å². The minimum Gasteiger partial charge on any atom is -0.366 e. The summed E-state index contributed by atoms with van der Waals surface area (Å²) in [5.74, 6) is 0.297. The molecule has 4 rings (SSSR count). The average Bonchev–Trinajstić information content (AvgIpc) is 3.08. The Morgan fingerprint density at radius 3 is 2.65 bits per heavy atom. The number of nitrogens with two attached hydrogens (primary N) is 1. The average molecular weight is 347 g/mol. The van der Waals surface area contributed by atoms with E-state index in [0.29, 0.717) is 28.3 Å². The van der Waals surface area contributed by atoms with E-state index in [9.17, 15) is 9.18 Å². The fraction of sp³-hybridized carbons (Fsp3) is 0. The normalized spacial score (nSPS) is 10.8. The molecule has 4 aromatic rings. The van der Waals surface area contributed by atoms with Crippen molar-refractivity contribution in [3.63, 3.8) is 0 Å². The standard InChI is InChI=1S/C19H14FN5O/c20-13-3-1-2-12(10-13)18-24-15-8-9-22-19(16(15)25-18)23-14-6-4-11(5-7-14)17(21)26/h1-10H,(H2,21,26)(H,22,23)(H,24,25). The number of nitrogens with one attached hydrogen (secondary N) is 2. The number of nitrogens with zero attached hydrogens (tertiary/aromatic N) is 2. The van der Waals surface area contributed by atoms with Crippen LogP contribution < -0.4 is 11.1 Å². The third kappa shape index (κ3) is 2.98. The van der Waals surface area contributed by atoms with E-state index in [-0.39, 0.29) is 5.82 Å². The number of carbonyl (C=O) groups is 1. The summed E-state index contributed by atoms with van der Waals surface area (Å²) in [7, 11) is 0. The van der Waals surface area contributed by atoms with Crippen molar-refractivity contribution in [2.75, 3.05) is 5.32 Å². The summed E-state index contributed by atoms with van der Waals surface area (Å²) in [6.45, 7) is 0. The number of rotatable bonds is 4. The molecule has 0 radical (unpaired) electrons. The number of aromatic nitrogens is 3. The van der Waals surface area contributed by atoms with E-state index in [1.807, 2.05) is 0 Å². The lowest BCUT2D eigenvalue weighted by Crippen LogP contribution is -2.10. The Bertz CT molecular complexity index is 1100. The van der Waals surface area contributed by atoms with Crippen molar-refractivity contribution >= 4 is 28.4 Å². The highest BCUT2D eigenvalue weighted by Crippen LogP contribution is 2.26. The van der Waals surface area contributed by atoms with Crippen LogP contribution in [0.2, 0.25) is 0 Å². The van der Waals surface area contributed by atoms with Crippen LogP contribution in [0.25, 0.3) is 22.4 Å². The number of hydrogen-bond donors (Lipinski definition) is 3. The first-order chi connectivity index (χ1) is 12.6. The van der Waals surface area contributed by atoms with Crippen LogP contribution >= 0.6 is 0 Å². The second-order valence-corrected chi connectivity index (χ2v) is 5.72. The molecule has 0 aliphatic carbocycles. The number of primary amides is 1. The van der Waals surface area contributed by atoms with Gasteiger partial charge in [0.05, 0.1) is 5.52 Å². The summed E-state index contributed by atoms with van der Waals surface area (Å²) < 4.78 is 13.5. The lowest BCUT2D eigenvalue weighted by atomic mass is 10.2. The van der Waals surface area contributed by atoms with Crippen molar-refractivity contribution in [2.24, 2.45) is 5.73 Å². The number of aromatic amines is 1. The molecule has 128 valence electrons. The molecule has 1 amide bonds. The van der Waals surface area contributed by atoms with Crippen LogP contribution in [0.3, 0.4) is 0 Å². The van der Waals surface area contributed by atoms with Gasteiger partial charge in [-0.15, -0.1) is 0 Å². The van der Waals surface area contributed by atoms with Gasteiger partial charge in [-0.1, -0.05) is 12.1 Å². The summed E-state index contributed by atoms with van der Waals surface area (Å²) in [6, 6.07) is 14.8. The van der Waals surface area contributed by atoms with Crippen molar-refractivity contribution < 1.29 is 9.18 Å². The molecular weight excluding hydrogens is 333 g/mol. The lowest BCUT2D eigenvalue weighted by molar-refractivity contribution is 0.100. The molecule has 0 spiro atoms. The van der Waals surface area contributed by atoms with E-state index in [2.05, 4.69) is 20.3 Å². The summed E-state index contributed by atoms with van der Waals surface area (Å²) >= 11 is 0. The van der Waals surface area contributed by atoms with Crippen molar-refractivity contribution in [1.29, 1.82) is 0 Å². The molecule has 0 atom stereocenters. The molecule has 0 fully saturated rings. The molecule has 7 heteroatoms. The maximum atomic E-state index is 13.5. The van der Waals surface area contributed by atoms with Crippen LogP contribution in [-0.2, 0) is 0 Å². The van der Waals surface area contributed by atoms with E-state index in [0.717, 1.165) is 11.2 Å². The minimum atomic E-state index is -0.483. The predicted octanol–water partition coefficient (Wildman–Crippen LogP) is 3.61. The van der Waals surface area contributed by atoms with Crippen LogP contribution in [0.4, 0.5) is 15.9 Å². The summed E-state index contributed by atoms with van der Waals surface area (Å²) in [5.41, 5.74) is 8.47. The second-order valence-electron chi connectivity index (χ2n) is 5.72. The number of hydrogen-bond acceptors (Lipinski definition) is 4. The molecule has 2 aromatic heterocycles. The topological polar surface area (TPSA) is 96.7 Å². The van der Waals surface area contributed by atoms with Gasteiger partial charge in [-0.05, 0) is 42.5 Å². The van der Waals surface area contributed by atoms with Crippen LogP contribution in [0.1, 0.15) is 10.4 Å². The third-order valence-electron chi connectivity index (χ3n) is 3.93. The maximum absolute atomic E-state index is 13.5. The van der Waals surface area contributed by atoms with Gasteiger partial charge in [0.15, 0.2) is 5.82 Å².